The van der Waals surface area contributed by atoms with Gasteiger partial charge in [0.15, 0.2) is 0 Å². The zero-order valence-corrected chi connectivity index (χ0v) is 12.9. The number of ether oxygens (including phenoxy) is 1. The predicted molar refractivity (Wildman–Crippen MR) is 80.2 cm³/mol. The number of halogens is 1. The van der Waals surface area contributed by atoms with Gasteiger partial charge in [-0.05, 0) is 40.2 Å². The fourth-order valence-corrected chi connectivity index (χ4v) is 2.79. The first-order valence-corrected chi connectivity index (χ1v) is 7.78. The van der Waals surface area contributed by atoms with E-state index in [2.05, 4.69) is 25.6 Å². The lowest BCUT2D eigenvalue weighted by atomic mass is 10.3. The lowest BCUT2D eigenvalue weighted by Crippen LogP contribution is -2.13. The van der Waals surface area contributed by atoms with Crippen molar-refractivity contribution in [1.82, 2.24) is 4.98 Å². The van der Waals surface area contributed by atoms with Crippen LogP contribution in [-0.2, 0) is 10.0 Å². The zero-order valence-electron chi connectivity index (χ0n) is 10.5. The van der Waals surface area contributed by atoms with E-state index in [1.165, 1.54) is 25.4 Å². The Kier molecular flexibility index (Phi) is 4.15. The lowest BCUT2D eigenvalue weighted by molar-refractivity contribution is 0.398. The van der Waals surface area contributed by atoms with Crippen LogP contribution in [0.2, 0.25) is 0 Å². The van der Waals surface area contributed by atoms with Crippen LogP contribution in [0.1, 0.15) is 0 Å². The van der Waals surface area contributed by atoms with E-state index in [0.717, 1.165) is 0 Å². The maximum Gasteiger partial charge on any atom is 0.262 e. The second kappa shape index (κ2) is 5.68. The number of nitrogen functional groups attached to an aromatic ring is 1. The Bertz CT molecular complexity index is 717. The van der Waals surface area contributed by atoms with Crippen molar-refractivity contribution in [3.05, 3.63) is 41.0 Å². The molecule has 1 aromatic heterocycles. The number of methoxy groups -OCH3 is 1. The number of sulfonamides is 1. The van der Waals surface area contributed by atoms with Gasteiger partial charge in [-0.2, -0.15) is 0 Å². The zero-order chi connectivity index (χ0) is 14.8. The van der Waals surface area contributed by atoms with Crippen molar-refractivity contribution in [1.29, 1.82) is 0 Å². The van der Waals surface area contributed by atoms with Crippen molar-refractivity contribution in [2.24, 2.45) is 0 Å². The highest BCUT2D eigenvalue weighted by Crippen LogP contribution is 2.24. The standard InChI is InChI=1S/C12H12BrN3O3S/c1-19-12-5-2-8(7-15-12)16-20(17,18)9-3-4-10(13)11(14)6-9/h2-7,16H,14H2,1H3. The molecule has 2 rings (SSSR count). The molecule has 6 nitrogen and oxygen atoms in total. The Morgan fingerprint density at radius 2 is 2.05 bits per heavy atom. The summed E-state index contributed by atoms with van der Waals surface area (Å²) in [5.41, 5.74) is 6.37. The van der Waals surface area contributed by atoms with Gasteiger partial charge in [0.05, 0.1) is 23.9 Å². The number of hydrogen-bond donors (Lipinski definition) is 2. The molecule has 0 saturated heterocycles. The van der Waals surface area contributed by atoms with E-state index < -0.39 is 10.0 Å². The summed E-state index contributed by atoms with van der Waals surface area (Å²) in [6.45, 7) is 0. The van der Waals surface area contributed by atoms with Crippen LogP contribution in [0, 0.1) is 0 Å². The largest absolute Gasteiger partial charge is 0.481 e. The summed E-state index contributed by atoms with van der Waals surface area (Å²) < 4.78 is 32.3. The van der Waals surface area contributed by atoms with Crippen molar-refractivity contribution in [3.8, 4) is 5.88 Å². The van der Waals surface area contributed by atoms with Gasteiger partial charge in [0.25, 0.3) is 10.0 Å². The van der Waals surface area contributed by atoms with Crippen molar-refractivity contribution in [3.63, 3.8) is 0 Å². The van der Waals surface area contributed by atoms with Gasteiger partial charge in [-0.1, -0.05) is 0 Å². The third kappa shape index (κ3) is 3.20. The second-order valence-electron chi connectivity index (χ2n) is 3.88. The molecule has 0 unspecified atom stereocenters. The normalized spacial score (nSPS) is 11.1. The van der Waals surface area contributed by atoms with Gasteiger partial charge in [-0.25, -0.2) is 13.4 Å². The molecule has 0 aliphatic rings. The SMILES string of the molecule is COc1ccc(NS(=O)(=O)c2ccc(Br)c(N)c2)cn1. The van der Waals surface area contributed by atoms with E-state index >= 15 is 0 Å². The highest BCUT2D eigenvalue weighted by atomic mass is 79.9. The minimum absolute atomic E-state index is 0.0778. The van der Waals surface area contributed by atoms with Crippen molar-refractivity contribution in [2.75, 3.05) is 17.6 Å². The van der Waals surface area contributed by atoms with Crippen LogP contribution in [-0.4, -0.2) is 20.5 Å². The molecule has 0 aliphatic heterocycles. The number of nitrogens with zero attached hydrogens (tertiary/aromatic N) is 1. The molecule has 2 aromatic rings. The van der Waals surface area contributed by atoms with Crippen LogP contribution < -0.4 is 15.2 Å². The quantitative estimate of drug-likeness (QED) is 0.818. The molecule has 1 aromatic carbocycles. The van der Waals surface area contributed by atoms with E-state index in [4.69, 9.17) is 10.5 Å². The molecule has 0 amide bonds. The van der Waals surface area contributed by atoms with E-state index in [-0.39, 0.29) is 4.90 Å². The van der Waals surface area contributed by atoms with Crippen LogP contribution >= 0.6 is 15.9 Å². The third-order valence-electron chi connectivity index (χ3n) is 2.48. The Balaban J connectivity index is 2.27. The highest BCUT2D eigenvalue weighted by Gasteiger charge is 2.15. The molecule has 0 atom stereocenters. The van der Waals surface area contributed by atoms with E-state index in [1.807, 2.05) is 0 Å². The van der Waals surface area contributed by atoms with Gasteiger partial charge in [0.2, 0.25) is 5.88 Å². The molecule has 0 radical (unpaired) electrons. The first-order chi connectivity index (χ1) is 9.42. The van der Waals surface area contributed by atoms with Gasteiger partial charge in [-0.3, -0.25) is 4.72 Å². The summed E-state index contributed by atoms with van der Waals surface area (Å²) >= 11 is 3.21. The van der Waals surface area contributed by atoms with Crippen LogP contribution in [0.15, 0.2) is 45.9 Å². The van der Waals surface area contributed by atoms with Gasteiger partial charge >= 0.3 is 0 Å². The van der Waals surface area contributed by atoms with Crippen molar-refractivity contribution >= 4 is 37.3 Å². The minimum Gasteiger partial charge on any atom is -0.481 e. The number of aromatic nitrogens is 1. The molecule has 0 saturated carbocycles. The van der Waals surface area contributed by atoms with Gasteiger partial charge in [0, 0.05) is 16.2 Å². The number of rotatable bonds is 4. The van der Waals surface area contributed by atoms with Crippen LogP contribution in [0.3, 0.4) is 0 Å². The lowest BCUT2D eigenvalue weighted by Gasteiger charge is -2.09. The Morgan fingerprint density at radius 1 is 1.30 bits per heavy atom. The summed E-state index contributed by atoms with van der Waals surface area (Å²) in [5, 5.41) is 0. The minimum atomic E-state index is -3.70. The van der Waals surface area contributed by atoms with Crippen molar-refractivity contribution < 1.29 is 13.2 Å². The molecule has 20 heavy (non-hydrogen) atoms. The first-order valence-electron chi connectivity index (χ1n) is 5.50. The van der Waals surface area contributed by atoms with Crippen LogP contribution in [0.5, 0.6) is 5.88 Å². The molecule has 0 spiro atoms. The molecule has 3 N–H and O–H groups in total. The van der Waals surface area contributed by atoms with Crippen LogP contribution in [0.4, 0.5) is 11.4 Å². The fourth-order valence-electron chi connectivity index (χ4n) is 1.46. The summed E-state index contributed by atoms with van der Waals surface area (Å²) in [5.74, 6) is 0.404. The maximum absolute atomic E-state index is 12.2. The average molecular weight is 358 g/mol. The number of benzene rings is 1. The summed E-state index contributed by atoms with van der Waals surface area (Å²) in [6.07, 6.45) is 1.37. The maximum atomic E-state index is 12.2. The topological polar surface area (TPSA) is 94.3 Å². The number of nitrogens with one attached hydrogen (secondary N) is 1. The smallest absolute Gasteiger partial charge is 0.262 e. The molecule has 8 heteroatoms. The van der Waals surface area contributed by atoms with E-state index in [9.17, 15) is 8.42 Å². The molecule has 1 heterocycles. The second-order valence-corrected chi connectivity index (χ2v) is 6.41. The summed E-state index contributed by atoms with van der Waals surface area (Å²) in [4.78, 5) is 4.00. The molecular formula is C12H12BrN3O3S. The number of nitrogens with two attached hydrogens (primary N) is 1. The average Bonchev–Trinajstić information content (AvgIpc) is 2.42. The van der Waals surface area contributed by atoms with Crippen LogP contribution in [0.25, 0.3) is 0 Å². The summed E-state index contributed by atoms with van der Waals surface area (Å²) in [6, 6.07) is 7.54. The monoisotopic (exact) mass is 357 g/mol. The Hall–Kier alpha value is -1.80. The molecule has 0 bridgehead atoms. The Labute approximate surface area is 125 Å². The van der Waals surface area contributed by atoms with Crippen molar-refractivity contribution in [2.45, 2.75) is 4.90 Å². The molecule has 0 aliphatic carbocycles. The molecule has 0 fully saturated rings. The first kappa shape index (κ1) is 14.6. The van der Waals surface area contributed by atoms with Gasteiger partial charge in [0.1, 0.15) is 0 Å². The number of anilines is 2. The summed E-state index contributed by atoms with van der Waals surface area (Å²) in [7, 11) is -2.22. The number of pyridine rings is 1. The van der Waals surface area contributed by atoms with Gasteiger partial charge < -0.3 is 10.5 Å². The molecule has 106 valence electrons. The Morgan fingerprint density at radius 3 is 2.60 bits per heavy atom. The third-order valence-corrected chi connectivity index (χ3v) is 4.58. The van der Waals surface area contributed by atoms with E-state index in [0.29, 0.717) is 21.7 Å². The van der Waals surface area contributed by atoms with Gasteiger partial charge in [-0.15, -0.1) is 0 Å². The highest BCUT2D eigenvalue weighted by molar-refractivity contribution is 9.10. The molecular weight excluding hydrogens is 346 g/mol. The predicted octanol–water partition coefficient (Wildman–Crippen LogP) is 2.24. The fraction of sp³-hybridized carbons (Fsp3) is 0.0833. The van der Waals surface area contributed by atoms with E-state index in [1.54, 1.807) is 18.2 Å². The number of hydrogen-bond acceptors (Lipinski definition) is 5.